The fraction of sp³-hybridized carbons (Fsp3) is 0.533. The lowest BCUT2D eigenvalue weighted by Gasteiger charge is -2.45. The Kier molecular flexibility index (Phi) is 3.92. The highest BCUT2D eigenvalue weighted by atomic mass is 16.5. The van der Waals surface area contributed by atoms with Gasteiger partial charge in [0.2, 0.25) is 5.91 Å². The molecule has 4 heteroatoms. The van der Waals surface area contributed by atoms with Crippen molar-refractivity contribution >= 4 is 5.91 Å². The predicted octanol–water partition coefficient (Wildman–Crippen LogP) is 1.89. The first-order valence-electron chi connectivity index (χ1n) is 6.66. The number of nitrogens with two attached hydrogens (primary N) is 1. The van der Waals surface area contributed by atoms with Crippen molar-refractivity contribution in [2.24, 2.45) is 5.84 Å². The maximum atomic E-state index is 11.8. The molecule has 4 nitrogen and oxygen atoms in total. The van der Waals surface area contributed by atoms with Crippen molar-refractivity contribution in [2.45, 2.75) is 44.1 Å². The Labute approximate surface area is 114 Å². The molecular weight excluding hydrogens is 240 g/mol. The molecule has 0 saturated carbocycles. The van der Waals surface area contributed by atoms with E-state index in [9.17, 15) is 4.79 Å². The lowest BCUT2D eigenvalue weighted by Crippen LogP contribution is -2.47. The molecule has 1 fully saturated rings. The average Bonchev–Trinajstić information content (AvgIpc) is 2.38. The van der Waals surface area contributed by atoms with E-state index in [4.69, 9.17) is 10.6 Å². The number of carbonyl (C=O) groups excluding carboxylic acids is 1. The van der Waals surface area contributed by atoms with Gasteiger partial charge in [-0.3, -0.25) is 10.2 Å². The van der Waals surface area contributed by atoms with Crippen LogP contribution in [-0.4, -0.2) is 18.1 Å². The summed E-state index contributed by atoms with van der Waals surface area (Å²) in [5.41, 5.74) is 3.04. The summed E-state index contributed by atoms with van der Waals surface area (Å²) in [7, 11) is 0. The summed E-state index contributed by atoms with van der Waals surface area (Å²) in [4.78, 5) is 11.8. The summed E-state index contributed by atoms with van der Waals surface area (Å²) in [6.07, 6.45) is 2.06. The molecule has 1 saturated heterocycles. The second kappa shape index (κ2) is 5.31. The highest BCUT2D eigenvalue weighted by molar-refractivity contribution is 5.77. The van der Waals surface area contributed by atoms with Crippen molar-refractivity contribution in [1.82, 2.24) is 5.43 Å². The van der Waals surface area contributed by atoms with E-state index in [2.05, 4.69) is 31.4 Å². The van der Waals surface area contributed by atoms with Crippen molar-refractivity contribution in [1.29, 1.82) is 0 Å². The van der Waals surface area contributed by atoms with Crippen LogP contribution in [0.4, 0.5) is 0 Å². The topological polar surface area (TPSA) is 64.4 Å². The molecule has 0 radical (unpaired) electrons. The molecule has 0 unspecified atom stereocenters. The fourth-order valence-electron chi connectivity index (χ4n) is 3.13. The first-order valence-corrected chi connectivity index (χ1v) is 6.66. The summed E-state index contributed by atoms with van der Waals surface area (Å²) in [6, 6.07) is 10.2. The van der Waals surface area contributed by atoms with Crippen LogP contribution in [0.2, 0.25) is 0 Å². The van der Waals surface area contributed by atoms with Gasteiger partial charge in [0.15, 0.2) is 0 Å². The van der Waals surface area contributed by atoms with E-state index < -0.39 is 0 Å². The zero-order valence-electron chi connectivity index (χ0n) is 11.6. The smallest absolute Gasteiger partial charge is 0.234 e. The van der Waals surface area contributed by atoms with Crippen molar-refractivity contribution in [3.05, 3.63) is 35.9 Å². The van der Waals surface area contributed by atoms with Gasteiger partial charge in [-0.25, -0.2) is 5.84 Å². The van der Waals surface area contributed by atoms with E-state index in [0.29, 0.717) is 13.0 Å². The zero-order valence-corrected chi connectivity index (χ0v) is 11.6. The van der Waals surface area contributed by atoms with Crippen LogP contribution in [0.15, 0.2) is 30.3 Å². The molecule has 0 aliphatic carbocycles. The molecule has 0 aromatic heterocycles. The SMILES string of the molecule is CC1(C)C[C@@](CC(=O)NN)(c2ccccc2)CCO1. The standard InChI is InChI=1S/C15H22N2O2/c1-14(2)11-15(8-9-19-14,10-13(18)17-16)12-6-4-3-5-7-12/h3-7H,8-11,16H2,1-2H3,(H,17,18)/t15-/m1/s1. The van der Waals surface area contributed by atoms with Crippen molar-refractivity contribution in [3.8, 4) is 0 Å². The summed E-state index contributed by atoms with van der Waals surface area (Å²) >= 11 is 0. The Balaban J connectivity index is 2.35. The van der Waals surface area contributed by atoms with Crippen molar-refractivity contribution in [3.63, 3.8) is 0 Å². The fourth-order valence-corrected chi connectivity index (χ4v) is 3.13. The van der Waals surface area contributed by atoms with E-state index in [1.54, 1.807) is 0 Å². The molecule has 1 aliphatic heterocycles. The quantitative estimate of drug-likeness (QED) is 0.497. The van der Waals surface area contributed by atoms with E-state index >= 15 is 0 Å². The lowest BCUT2D eigenvalue weighted by atomic mass is 9.67. The van der Waals surface area contributed by atoms with Gasteiger partial charge in [-0.1, -0.05) is 30.3 Å². The first kappa shape index (κ1) is 14.0. The van der Waals surface area contributed by atoms with Gasteiger partial charge in [-0.2, -0.15) is 0 Å². The Morgan fingerprint density at radius 3 is 2.63 bits per heavy atom. The molecule has 104 valence electrons. The van der Waals surface area contributed by atoms with Crippen molar-refractivity contribution in [2.75, 3.05) is 6.61 Å². The number of rotatable bonds is 3. The molecule has 1 aromatic rings. The third-order valence-electron chi connectivity index (χ3n) is 3.88. The summed E-state index contributed by atoms with van der Waals surface area (Å²) in [5, 5.41) is 0. The van der Waals surface area contributed by atoms with Crippen LogP contribution < -0.4 is 11.3 Å². The molecule has 19 heavy (non-hydrogen) atoms. The van der Waals surface area contributed by atoms with Gasteiger partial charge in [0.25, 0.3) is 0 Å². The third kappa shape index (κ3) is 3.14. The number of ether oxygens (including phenoxy) is 1. The third-order valence-corrected chi connectivity index (χ3v) is 3.88. The van der Waals surface area contributed by atoms with Gasteiger partial charge >= 0.3 is 0 Å². The van der Waals surface area contributed by atoms with E-state index in [1.807, 2.05) is 18.2 Å². The molecule has 2 rings (SSSR count). The Hall–Kier alpha value is -1.39. The van der Waals surface area contributed by atoms with E-state index in [1.165, 1.54) is 5.56 Å². The van der Waals surface area contributed by atoms with Gasteiger partial charge in [0.05, 0.1) is 5.60 Å². The monoisotopic (exact) mass is 262 g/mol. The molecule has 1 aromatic carbocycles. The van der Waals surface area contributed by atoms with Crippen LogP contribution in [0, 0.1) is 0 Å². The zero-order chi connectivity index (χ0) is 13.9. The van der Waals surface area contributed by atoms with Crippen molar-refractivity contribution < 1.29 is 9.53 Å². The minimum atomic E-state index is -0.219. The van der Waals surface area contributed by atoms with Gasteiger partial charge in [-0.05, 0) is 32.3 Å². The maximum Gasteiger partial charge on any atom is 0.234 e. The lowest BCUT2D eigenvalue weighted by molar-refractivity contribution is -0.126. The van der Waals surface area contributed by atoms with Crippen LogP contribution >= 0.6 is 0 Å². The van der Waals surface area contributed by atoms with Gasteiger partial charge in [-0.15, -0.1) is 0 Å². The van der Waals surface area contributed by atoms with Crippen LogP contribution in [0.1, 0.15) is 38.7 Å². The predicted molar refractivity (Wildman–Crippen MR) is 74.3 cm³/mol. The molecule has 1 atom stereocenters. The number of carbonyl (C=O) groups is 1. The highest BCUT2D eigenvalue weighted by Crippen LogP contribution is 2.43. The number of amides is 1. The minimum Gasteiger partial charge on any atom is -0.376 e. The largest absolute Gasteiger partial charge is 0.376 e. The van der Waals surface area contributed by atoms with Gasteiger partial charge < -0.3 is 4.74 Å². The van der Waals surface area contributed by atoms with Crippen LogP contribution in [0.5, 0.6) is 0 Å². The number of hydrazine groups is 1. The summed E-state index contributed by atoms with van der Waals surface area (Å²) in [5.74, 6) is 5.14. The number of nitrogens with one attached hydrogen (secondary N) is 1. The minimum absolute atomic E-state index is 0.124. The molecule has 1 heterocycles. The summed E-state index contributed by atoms with van der Waals surface area (Å²) in [6.45, 7) is 4.81. The molecular formula is C15H22N2O2. The highest BCUT2D eigenvalue weighted by Gasteiger charge is 2.43. The molecule has 1 amide bonds. The Morgan fingerprint density at radius 2 is 2.05 bits per heavy atom. The molecule has 0 bridgehead atoms. The van der Waals surface area contributed by atoms with Crippen LogP contribution in [0.25, 0.3) is 0 Å². The molecule has 3 N–H and O–H groups in total. The van der Waals surface area contributed by atoms with E-state index in [0.717, 1.165) is 12.8 Å². The van der Waals surface area contributed by atoms with Gasteiger partial charge in [0, 0.05) is 18.4 Å². The number of hydrogen-bond acceptors (Lipinski definition) is 3. The van der Waals surface area contributed by atoms with Gasteiger partial charge in [0.1, 0.15) is 0 Å². The second-order valence-electron chi connectivity index (χ2n) is 5.93. The normalized spacial score (nSPS) is 25.8. The molecule has 0 spiro atoms. The number of hydrogen-bond donors (Lipinski definition) is 2. The second-order valence-corrected chi connectivity index (χ2v) is 5.93. The molecule has 1 aliphatic rings. The average molecular weight is 262 g/mol. The van der Waals surface area contributed by atoms with Crippen LogP contribution in [-0.2, 0) is 14.9 Å². The first-order chi connectivity index (χ1) is 8.97. The Morgan fingerprint density at radius 1 is 1.37 bits per heavy atom. The Bertz CT molecular complexity index is 445. The maximum absolute atomic E-state index is 11.8. The van der Waals surface area contributed by atoms with Crippen LogP contribution in [0.3, 0.4) is 0 Å². The summed E-state index contributed by atoms with van der Waals surface area (Å²) < 4.78 is 5.79. The number of benzene rings is 1. The van der Waals surface area contributed by atoms with E-state index in [-0.39, 0.29) is 16.9 Å².